The van der Waals surface area contributed by atoms with Gasteiger partial charge in [0.15, 0.2) is 0 Å². The van der Waals surface area contributed by atoms with Crippen molar-refractivity contribution in [3.63, 3.8) is 0 Å². The molecular formula is C15H26N2O5P-. The molecule has 132 valence electrons. The van der Waals surface area contributed by atoms with Gasteiger partial charge in [0.05, 0.1) is 13.2 Å². The normalized spacial score (nSPS) is 13.7. The minimum atomic E-state index is -4.11. The van der Waals surface area contributed by atoms with Gasteiger partial charge in [-0.1, -0.05) is 12.8 Å². The highest BCUT2D eigenvalue weighted by Gasteiger charge is 2.09. The maximum atomic E-state index is 12.0. The molecule has 1 aromatic heterocycles. The number of phosphoric acid groups is 1. The Morgan fingerprint density at radius 1 is 1.30 bits per heavy atom. The Kier molecular flexibility index (Phi) is 8.55. The number of carbonyl (C=O) groups is 1. The molecule has 0 saturated heterocycles. The summed E-state index contributed by atoms with van der Waals surface area (Å²) in [7, 11) is -2.27. The third-order valence-corrected chi connectivity index (χ3v) is 4.34. The Labute approximate surface area is 137 Å². The highest BCUT2D eigenvalue weighted by Crippen LogP contribution is 2.37. The Balaban J connectivity index is 2.07. The standard InChI is InChI=1S/C15H27N2O5P/c1-4-21-23(19,20)22-10-8-6-5-7-9-16-15(18)14-11-13(2)12-17(14)3/h11-12H,4-10H2,1-3H3,(H,16,18)(H,19,20)/p-1. The van der Waals surface area contributed by atoms with Gasteiger partial charge in [0.25, 0.3) is 13.7 Å². The minimum Gasteiger partial charge on any atom is -0.756 e. The number of nitrogens with one attached hydrogen (secondary N) is 1. The van der Waals surface area contributed by atoms with Crippen LogP contribution in [0.3, 0.4) is 0 Å². The molecule has 1 heterocycles. The molecular weight excluding hydrogens is 319 g/mol. The fraction of sp³-hybridized carbons (Fsp3) is 0.667. The van der Waals surface area contributed by atoms with Crippen LogP contribution in [-0.2, 0) is 20.7 Å². The summed E-state index contributed by atoms with van der Waals surface area (Å²) < 4.78 is 22.1. The number of rotatable bonds is 11. The largest absolute Gasteiger partial charge is 0.756 e. The molecule has 0 fully saturated rings. The number of phosphoric ester groups is 1. The second-order valence-electron chi connectivity index (χ2n) is 5.38. The summed E-state index contributed by atoms with van der Waals surface area (Å²) in [6, 6.07) is 1.85. The molecule has 0 spiro atoms. The number of carbonyl (C=O) groups excluding carboxylic acids is 1. The van der Waals surface area contributed by atoms with Crippen LogP contribution in [0.4, 0.5) is 0 Å². The quantitative estimate of drug-likeness (QED) is 0.490. The van der Waals surface area contributed by atoms with Crippen molar-refractivity contribution in [1.82, 2.24) is 9.88 Å². The number of unbranched alkanes of at least 4 members (excludes halogenated alkanes) is 3. The summed E-state index contributed by atoms with van der Waals surface area (Å²) in [5, 5.41) is 2.88. The lowest BCUT2D eigenvalue weighted by Crippen LogP contribution is -2.26. The molecule has 1 unspecified atom stereocenters. The second kappa shape index (κ2) is 9.88. The van der Waals surface area contributed by atoms with E-state index in [-0.39, 0.29) is 19.1 Å². The van der Waals surface area contributed by atoms with E-state index in [0.717, 1.165) is 24.8 Å². The van der Waals surface area contributed by atoms with Crippen LogP contribution in [0.15, 0.2) is 12.3 Å². The smallest absolute Gasteiger partial charge is 0.267 e. The maximum absolute atomic E-state index is 12.0. The van der Waals surface area contributed by atoms with Gasteiger partial charge in [0, 0.05) is 19.8 Å². The maximum Gasteiger partial charge on any atom is 0.267 e. The van der Waals surface area contributed by atoms with Gasteiger partial charge >= 0.3 is 0 Å². The highest BCUT2D eigenvalue weighted by molar-refractivity contribution is 7.45. The van der Waals surface area contributed by atoms with E-state index in [0.29, 0.717) is 18.7 Å². The van der Waals surface area contributed by atoms with E-state index in [4.69, 9.17) is 4.52 Å². The Hall–Kier alpha value is -1.14. The molecule has 0 aromatic carbocycles. The molecule has 1 atom stereocenters. The molecule has 7 nitrogen and oxygen atoms in total. The van der Waals surface area contributed by atoms with Crippen molar-refractivity contribution < 1.29 is 23.3 Å². The Morgan fingerprint density at radius 3 is 2.61 bits per heavy atom. The van der Waals surface area contributed by atoms with Gasteiger partial charge in [0.2, 0.25) is 0 Å². The first-order valence-electron chi connectivity index (χ1n) is 7.87. The zero-order valence-corrected chi connectivity index (χ0v) is 14.9. The summed E-state index contributed by atoms with van der Waals surface area (Å²) in [5.74, 6) is -0.0760. The number of hydrogen-bond acceptors (Lipinski definition) is 5. The summed E-state index contributed by atoms with van der Waals surface area (Å²) in [6.45, 7) is 4.37. The van der Waals surface area contributed by atoms with E-state index >= 15 is 0 Å². The van der Waals surface area contributed by atoms with E-state index in [2.05, 4.69) is 9.84 Å². The van der Waals surface area contributed by atoms with E-state index in [9.17, 15) is 14.3 Å². The lowest BCUT2D eigenvalue weighted by molar-refractivity contribution is -0.225. The van der Waals surface area contributed by atoms with Crippen molar-refractivity contribution in [3.05, 3.63) is 23.5 Å². The highest BCUT2D eigenvalue weighted by atomic mass is 31.2. The summed E-state index contributed by atoms with van der Waals surface area (Å²) in [6.07, 6.45) is 5.13. The molecule has 23 heavy (non-hydrogen) atoms. The zero-order valence-electron chi connectivity index (χ0n) is 14.0. The Morgan fingerprint density at radius 2 is 2.00 bits per heavy atom. The molecule has 1 N–H and O–H groups in total. The van der Waals surface area contributed by atoms with Crippen LogP contribution >= 0.6 is 7.82 Å². The summed E-state index contributed by atoms with van der Waals surface area (Å²) in [4.78, 5) is 23.1. The van der Waals surface area contributed by atoms with Crippen LogP contribution in [-0.4, -0.2) is 30.2 Å². The fourth-order valence-corrected chi connectivity index (χ4v) is 2.94. The number of aryl methyl sites for hydroxylation is 2. The molecule has 1 aromatic rings. The van der Waals surface area contributed by atoms with Gasteiger partial charge in [-0.05, 0) is 38.3 Å². The Bertz CT molecular complexity index is 544. The summed E-state index contributed by atoms with van der Waals surface area (Å²) >= 11 is 0. The first-order chi connectivity index (χ1) is 10.9. The third kappa shape index (κ3) is 7.79. The molecule has 0 aliphatic heterocycles. The zero-order chi connectivity index (χ0) is 17.3. The second-order valence-corrected chi connectivity index (χ2v) is 6.79. The molecule has 0 bridgehead atoms. The lowest BCUT2D eigenvalue weighted by atomic mass is 10.2. The number of nitrogens with zero attached hydrogens (tertiary/aromatic N) is 1. The van der Waals surface area contributed by atoms with E-state index in [1.54, 1.807) is 6.92 Å². The van der Waals surface area contributed by atoms with Crippen molar-refractivity contribution in [2.24, 2.45) is 7.05 Å². The van der Waals surface area contributed by atoms with Crippen molar-refractivity contribution >= 4 is 13.7 Å². The van der Waals surface area contributed by atoms with E-state index < -0.39 is 7.82 Å². The third-order valence-electron chi connectivity index (χ3n) is 3.27. The van der Waals surface area contributed by atoms with Gasteiger partial charge < -0.3 is 23.8 Å². The van der Waals surface area contributed by atoms with Crippen molar-refractivity contribution in [1.29, 1.82) is 0 Å². The molecule has 1 amide bonds. The van der Waals surface area contributed by atoms with Crippen LogP contribution in [0, 0.1) is 6.92 Å². The number of hydrogen-bond donors (Lipinski definition) is 1. The molecule has 1 rings (SSSR count). The van der Waals surface area contributed by atoms with Crippen molar-refractivity contribution in [3.8, 4) is 0 Å². The van der Waals surface area contributed by atoms with Crippen molar-refractivity contribution in [2.45, 2.75) is 39.5 Å². The van der Waals surface area contributed by atoms with Gasteiger partial charge in [0.1, 0.15) is 5.69 Å². The SMILES string of the molecule is CCOP(=O)([O-])OCCCCCCNC(=O)c1cc(C)cn1C. The number of aromatic nitrogens is 1. The average molecular weight is 345 g/mol. The first kappa shape index (κ1) is 19.9. The van der Waals surface area contributed by atoms with Gasteiger partial charge in [-0.25, -0.2) is 0 Å². The predicted molar refractivity (Wildman–Crippen MR) is 86.1 cm³/mol. The van der Waals surface area contributed by atoms with Crippen LogP contribution in [0.25, 0.3) is 0 Å². The number of amides is 1. The van der Waals surface area contributed by atoms with Gasteiger partial charge in [-0.2, -0.15) is 0 Å². The fourth-order valence-electron chi connectivity index (χ4n) is 2.20. The molecule has 0 aliphatic rings. The van der Waals surface area contributed by atoms with Crippen LogP contribution < -0.4 is 10.2 Å². The lowest BCUT2D eigenvalue weighted by Gasteiger charge is -2.21. The monoisotopic (exact) mass is 345 g/mol. The summed E-state index contributed by atoms with van der Waals surface area (Å²) in [5.41, 5.74) is 1.71. The molecule has 0 radical (unpaired) electrons. The van der Waals surface area contributed by atoms with Crippen molar-refractivity contribution in [2.75, 3.05) is 19.8 Å². The topological polar surface area (TPSA) is 92.6 Å². The minimum absolute atomic E-state index is 0.0760. The molecule has 0 saturated carbocycles. The van der Waals surface area contributed by atoms with Crippen LogP contribution in [0.2, 0.25) is 0 Å². The van der Waals surface area contributed by atoms with Crippen LogP contribution in [0.1, 0.15) is 48.7 Å². The van der Waals surface area contributed by atoms with E-state index in [1.807, 2.05) is 30.8 Å². The predicted octanol–water partition coefficient (Wildman–Crippen LogP) is 2.15. The van der Waals surface area contributed by atoms with E-state index in [1.165, 1.54) is 0 Å². The van der Waals surface area contributed by atoms with Crippen LogP contribution in [0.5, 0.6) is 0 Å². The first-order valence-corrected chi connectivity index (χ1v) is 9.33. The van der Waals surface area contributed by atoms with Gasteiger partial charge in [-0.15, -0.1) is 0 Å². The van der Waals surface area contributed by atoms with Gasteiger partial charge in [-0.3, -0.25) is 9.36 Å². The molecule has 0 aliphatic carbocycles. The average Bonchev–Trinajstić information content (AvgIpc) is 2.80. The molecule has 8 heteroatoms.